The average Bonchev–Trinajstić information content (AvgIpc) is 1.94. The lowest BCUT2D eigenvalue weighted by Gasteiger charge is -2.27. The van der Waals surface area contributed by atoms with Crippen molar-refractivity contribution in [3.63, 3.8) is 0 Å². The predicted molar refractivity (Wildman–Crippen MR) is 44.9 cm³/mol. The molecule has 0 fully saturated rings. The Balaban J connectivity index is 2.53. The van der Waals surface area contributed by atoms with Gasteiger partial charge in [0.2, 0.25) is 0 Å². The fourth-order valence-corrected chi connectivity index (χ4v) is 1.57. The molecule has 0 bridgehead atoms. The number of allylic oxidation sites excluding steroid dienone is 1. The van der Waals surface area contributed by atoms with Crippen LogP contribution in [-0.2, 0) is 0 Å². The van der Waals surface area contributed by atoms with Crippen LogP contribution in [0.2, 0.25) is 0 Å². The smallest absolute Gasteiger partial charge is 0.0130 e. The van der Waals surface area contributed by atoms with Gasteiger partial charge in [-0.1, -0.05) is 26.0 Å². The molecule has 1 N–H and O–H groups in total. The van der Waals surface area contributed by atoms with Gasteiger partial charge in [0, 0.05) is 6.04 Å². The molecule has 0 spiro atoms. The van der Waals surface area contributed by atoms with Gasteiger partial charge in [-0.15, -0.1) is 0 Å². The molecule has 0 heterocycles. The topological polar surface area (TPSA) is 12.0 Å². The molecular formula is C9H17N. The third kappa shape index (κ3) is 1.60. The molecule has 0 unspecified atom stereocenters. The summed E-state index contributed by atoms with van der Waals surface area (Å²) in [4.78, 5) is 0. The van der Waals surface area contributed by atoms with E-state index in [9.17, 15) is 0 Å². The van der Waals surface area contributed by atoms with E-state index in [1.165, 1.54) is 6.42 Å². The van der Waals surface area contributed by atoms with Crippen LogP contribution in [0.25, 0.3) is 0 Å². The van der Waals surface area contributed by atoms with Crippen molar-refractivity contribution in [2.24, 2.45) is 11.8 Å². The van der Waals surface area contributed by atoms with Gasteiger partial charge in [-0.25, -0.2) is 0 Å². The summed E-state index contributed by atoms with van der Waals surface area (Å²) < 4.78 is 0. The maximum absolute atomic E-state index is 3.33. The first-order chi connectivity index (χ1) is 4.74. The molecule has 0 amide bonds. The van der Waals surface area contributed by atoms with E-state index < -0.39 is 0 Å². The number of hydrogen-bond donors (Lipinski definition) is 1. The van der Waals surface area contributed by atoms with Crippen molar-refractivity contribution in [1.82, 2.24) is 5.32 Å². The summed E-state index contributed by atoms with van der Waals surface area (Å²) in [5.41, 5.74) is 0. The Labute approximate surface area is 63.5 Å². The third-order valence-electron chi connectivity index (χ3n) is 2.37. The van der Waals surface area contributed by atoms with Crippen molar-refractivity contribution < 1.29 is 0 Å². The molecule has 0 radical (unpaired) electrons. The Bertz CT molecular complexity index is 129. The molecule has 58 valence electrons. The second kappa shape index (κ2) is 3.20. The zero-order chi connectivity index (χ0) is 7.56. The van der Waals surface area contributed by atoms with Gasteiger partial charge in [0.1, 0.15) is 0 Å². The van der Waals surface area contributed by atoms with Gasteiger partial charge in [0.25, 0.3) is 0 Å². The lowest BCUT2D eigenvalue weighted by Crippen LogP contribution is -2.34. The minimum Gasteiger partial charge on any atom is -0.316 e. The minimum atomic E-state index is 0.694. The Morgan fingerprint density at radius 3 is 2.50 bits per heavy atom. The SMILES string of the molecule is CN[C@@H]1C[C@H](C)C=C[C@@H]1C. The summed E-state index contributed by atoms with van der Waals surface area (Å²) in [5.74, 6) is 1.47. The number of hydrogen-bond acceptors (Lipinski definition) is 1. The van der Waals surface area contributed by atoms with Crippen molar-refractivity contribution >= 4 is 0 Å². The minimum absolute atomic E-state index is 0.694. The summed E-state index contributed by atoms with van der Waals surface area (Å²) in [6.07, 6.45) is 5.92. The van der Waals surface area contributed by atoms with Gasteiger partial charge in [-0.2, -0.15) is 0 Å². The largest absolute Gasteiger partial charge is 0.316 e. The molecular weight excluding hydrogens is 122 g/mol. The van der Waals surface area contributed by atoms with E-state index in [4.69, 9.17) is 0 Å². The molecule has 0 aromatic rings. The standard InChI is InChI=1S/C9H17N/c1-7-4-5-8(2)9(6-7)10-3/h4-5,7-10H,6H2,1-3H3/t7-,8+,9-/m1/s1. The van der Waals surface area contributed by atoms with E-state index in [0.29, 0.717) is 12.0 Å². The van der Waals surface area contributed by atoms with Crippen molar-refractivity contribution in [2.75, 3.05) is 7.05 Å². The first kappa shape index (κ1) is 7.80. The van der Waals surface area contributed by atoms with Crippen LogP contribution >= 0.6 is 0 Å². The van der Waals surface area contributed by atoms with Crippen LogP contribution in [-0.4, -0.2) is 13.1 Å². The Morgan fingerprint density at radius 2 is 2.00 bits per heavy atom. The van der Waals surface area contributed by atoms with E-state index in [2.05, 4.69) is 31.3 Å². The van der Waals surface area contributed by atoms with Crippen LogP contribution in [0.15, 0.2) is 12.2 Å². The molecule has 1 rings (SSSR count). The summed E-state index contributed by atoms with van der Waals surface area (Å²) in [6, 6.07) is 0.694. The van der Waals surface area contributed by atoms with Gasteiger partial charge in [0.15, 0.2) is 0 Å². The highest BCUT2D eigenvalue weighted by atomic mass is 14.9. The maximum Gasteiger partial charge on any atom is 0.0130 e. The molecule has 10 heavy (non-hydrogen) atoms. The van der Waals surface area contributed by atoms with E-state index in [0.717, 1.165) is 5.92 Å². The quantitative estimate of drug-likeness (QED) is 0.546. The number of nitrogens with one attached hydrogen (secondary N) is 1. The van der Waals surface area contributed by atoms with E-state index in [-0.39, 0.29) is 0 Å². The summed E-state index contributed by atoms with van der Waals surface area (Å²) in [7, 11) is 2.05. The van der Waals surface area contributed by atoms with Crippen molar-refractivity contribution in [1.29, 1.82) is 0 Å². The highest BCUT2D eigenvalue weighted by molar-refractivity contribution is 5.00. The zero-order valence-corrected chi connectivity index (χ0v) is 7.09. The van der Waals surface area contributed by atoms with Crippen LogP contribution in [0.1, 0.15) is 20.3 Å². The maximum atomic E-state index is 3.33. The average molecular weight is 139 g/mol. The molecule has 1 aliphatic rings. The number of rotatable bonds is 1. The van der Waals surface area contributed by atoms with Gasteiger partial charge in [0.05, 0.1) is 0 Å². The van der Waals surface area contributed by atoms with E-state index >= 15 is 0 Å². The Hall–Kier alpha value is -0.300. The molecule has 1 nitrogen and oxygen atoms in total. The van der Waals surface area contributed by atoms with Crippen LogP contribution < -0.4 is 5.32 Å². The van der Waals surface area contributed by atoms with Crippen molar-refractivity contribution in [2.45, 2.75) is 26.3 Å². The third-order valence-corrected chi connectivity index (χ3v) is 2.37. The van der Waals surface area contributed by atoms with Gasteiger partial charge >= 0.3 is 0 Å². The molecule has 0 saturated carbocycles. The molecule has 0 aromatic carbocycles. The molecule has 1 heteroatoms. The molecule has 1 aliphatic carbocycles. The molecule has 3 atom stereocenters. The van der Waals surface area contributed by atoms with Crippen LogP contribution in [0.5, 0.6) is 0 Å². The van der Waals surface area contributed by atoms with Gasteiger partial charge in [-0.05, 0) is 25.3 Å². The van der Waals surface area contributed by atoms with Crippen molar-refractivity contribution in [3.05, 3.63) is 12.2 Å². The Kier molecular flexibility index (Phi) is 2.50. The molecule has 0 aromatic heterocycles. The summed E-state index contributed by atoms with van der Waals surface area (Å²) in [5, 5.41) is 3.33. The summed E-state index contributed by atoms with van der Waals surface area (Å²) in [6.45, 7) is 4.54. The highest BCUT2D eigenvalue weighted by Crippen LogP contribution is 2.21. The zero-order valence-electron chi connectivity index (χ0n) is 7.09. The fraction of sp³-hybridized carbons (Fsp3) is 0.778. The van der Waals surface area contributed by atoms with Gasteiger partial charge in [-0.3, -0.25) is 0 Å². The van der Waals surface area contributed by atoms with Crippen LogP contribution in [0, 0.1) is 11.8 Å². The fourth-order valence-electron chi connectivity index (χ4n) is 1.57. The second-order valence-electron chi connectivity index (χ2n) is 3.35. The van der Waals surface area contributed by atoms with Crippen LogP contribution in [0.4, 0.5) is 0 Å². The van der Waals surface area contributed by atoms with Gasteiger partial charge < -0.3 is 5.32 Å². The summed E-state index contributed by atoms with van der Waals surface area (Å²) >= 11 is 0. The van der Waals surface area contributed by atoms with E-state index in [1.54, 1.807) is 0 Å². The lowest BCUT2D eigenvalue weighted by atomic mass is 9.86. The highest BCUT2D eigenvalue weighted by Gasteiger charge is 2.18. The molecule has 0 aliphatic heterocycles. The normalized spacial score (nSPS) is 40.1. The second-order valence-corrected chi connectivity index (χ2v) is 3.35. The predicted octanol–water partition coefficient (Wildman–Crippen LogP) is 1.81. The van der Waals surface area contributed by atoms with Crippen molar-refractivity contribution in [3.8, 4) is 0 Å². The first-order valence-electron chi connectivity index (χ1n) is 4.09. The first-order valence-corrected chi connectivity index (χ1v) is 4.09. The van der Waals surface area contributed by atoms with Crippen LogP contribution in [0.3, 0.4) is 0 Å². The Morgan fingerprint density at radius 1 is 1.30 bits per heavy atom. The lowest BCUT2D eigenvalue weighted by molar-refractivity contribution is 0.376. The monoisotopic (exact) mass is 139 g/mol. The van der Waals surface area contributed by atoms with E-state index in [1.807, 2.05) is 7.05 Å². The molecule has 0 saturated heterocycles.